The Hall–Kier alpha value is -3.23. The summed E-state index contributed by atoms with van der Waals surface area (Å²) in [4.78, 5) is 22.6. The van der Waals surface area contributed by atoms with Crippen molar-refractivity contribution >= 4 is 45.9 Å². The summed E-state index contributed by atoms with van der Waals surface area (Å²) >= 11 is 0. The number of halogens is 1. The van der Waals surface area contributed by atoms with Crippen molar-refractivity contribution in [2.24, 2.45) is 0 Å². The number of hydrogen-bond donors (Lipinski definition) is 2. The van der Waals surface area contributed by atoms with Crippen LogP contribution < -0.4 is 14.5 Å². The molecule has 0 aliphatic carbocycles. The van der Waals surface area contributed by atoms with E-state index in [1.807, 2.05) is 4.72 Å². The van der Waals surface area contributed by atoms with E-state index in [0.29, 0.717) is 5.56 Å². The van der Waals surface area contributed by atoms with E-state index in [0.717, 1.165) is 30.3 Å². The molecule has 0 fully saturated rings. The summed E-state index contributed by atoms with van der Waals surface area (Å²) in [5.41, 5.74) is -0.921. The summed E-state index contributed by atoms with van der Waals surface area (Å²) in [7, 11) is -6.19. The highest BCUT2D eigenvalue weighted by atomic mass is 32.2. The lowest BCUT2D eigenvalue weighted by Gasteiger charge is -2.22. The maximum absolute atomic E-state index is 14.4. The molecule has 0 aromatic heterocycles. The fourth-order valence-electron chi connectivity index (χ4n) is 2.76. The summed E-state index contributed by atoms with van der Waals surface area (Å²) in [6, 6.07) is 6.31. The van der Waals surface area contributed by atoms with Crippen molar-refractivity contribution in [1.82, 2.24) is 0 Å². The maximum Gasteiger partial charge on any atom is 0.491 e. The van der Waals surface area contributed by atoms with Crippen LogP contribution in [0.15, 0.2) is 36.4 Å². The predicted octanol–water partition coefficient (Wildman–Crippen LogP) is 1.27. The highest BCUT2D eigenvalue weighted by Gasteiger charge is 2.34. The van der Waals surface area contributed by atoms with Gasteiger partial charge in [-0.05, 0) is 36.1 Å². The third-order valence-electron chi connectivity index (χ3n) is 4.08. The molecule has 2 N–H and O–H groups in total. The van der Waals surface area contributed by atoms with Crippen LogP contribution in [0.25, 0.3) is 0 Å². The minimum absolute atomic E-state index is 0.0525. The summed E-state index contributed by atoms with van der Waals surface area (Å²) in [5, 5.41) is 20.8. The van der Waals surface area contributed by atoms with Gasteiger partial charge in [-0.15, -0.1) is 0 Å². The van der Waals surface area contributed by atoms with Crippen molar-refractivity contribution in [3.05, 3.63) is 57.9 Å². The van der Waals surface area contributed by atoms with E-state index in [9.17, 15) is 32.7 Å². The van der Waals surface area contributed by atoms with Gasteiger partial charge in [-0.1, -0.05) is 6.07 Å². The van der Waals surface area contributed by atoms with Crippen LogP contribution in [0.2, 0.25) is 0 Å². The average molecular weight is 439 g/mol. The van der Waals surface area contributed by atoms with E-state index in [2.05, 4.69) is 0 Å². The number of nitrogens with one attached hydrogen (secondary N) is 1. The zero-order valence-corrected chi connectivity index (χ0v) is 16.3. The summed E-state index contributed by atoms with van der Waals surface area (Å²) in [5.74, 6) is -0.974. The number of fused-ring (bicyclic) bond motifs is 1. The molecule has 158 valence electrons. The van der Waals surface area contributed by atoms with Gasteiger partial charge in [0.15, 0.2) is 0 Å². The first-order chi connectivity index (χ1) is 14.1. The number of benzene rings is 2. The van der Waals surface area contributed by atoms with Crippen molar-refractivity contribution in [2.45, 2.75) is 13.5 Å². The van der Waals surface area contributed by atoms with Crippen molar-refractivity contribution in [1.29, 1.82) is 0 Å². The number of carbonyl (C=O) groups excluding carboxylic acids is 1. The molecule has 0 unspecified atom stereocenters. The molecular weight excluding hydrogens is 424 g/mol. The minimum atomic E-state index is -4.83. The van der Waals surface area contributed by atoms with E-state index in [1.165, 1.54) is 13.0 Å². The second-order valence-electron chi connectivity index (χ2n) is 6.04. The first-order valence-corrected chi connectivity index (χ1v) is 9.94. The Morgan fingerprint density at radius 2 is 2.17 bits per heavy atom. The molecule has 1 aliphatic rings. The molecule has 2 aromatic carbocycles. The molecule has 0 radical (unpaired) electrons. The summed E-state index contributed by atoms with van der Waals surface area (Å²) < 4.78 is 52.0. The number of nitro groups is 1. The standard InChI is InChI=1S/C16H15BFN3O8S/c1-2-28-16(22)20(11-4-3-5-12(7-11)21(24)25)30(26,27)19-15-8-13-10(6-14(15)18)9-29-17(13)23/h3-8,19,23H,2,9H2,1H3. The van der Waals surface area contributed by atoms with Crippen LogP contribution in [-0.2, 0) is 26.2 Å². The second-order valence-corrected chi connectivity index (χ2v) is 7.56. The van der Waals surface area contributed by atoms with Gasteiger partial charge in [0.05, 0.1) is 29.5 Å². The number of hydrogen-bond acceptors (Lipinski definition) is 8. The average Bonchev–Trinajstić information content (AvgIpc) is 3.02. The van der Waals surface area contributed by atoms with Gasteiger partial charge in [0.1, 0.15) is 5.82 Å². The Balaban J connectivity index is 2.03. The topological polar surface area (TPSA) is 148 Å². The van der Waals surface area contributed by atoms with Crippen molar-refractivity contribution in [3.63, 3.8) is 0 Å². The Morgan fingerprint density at radius 3 is 2.83 bits per heavy atom. The van der Waals surface area contributed by atoms with Crippen LogP contribution in [0, 0.1) is 15.9 Å². The molecule has 0 spiro atoms. The molecule has 30 heavy (non-hydrogen) atoms. The highest BCUT2D eigenvalue weighted by molar-refractivity contribution is 7.94. The lowest BCUT2D eigenvalue weighted by atomic mass is 9.79. The molecule has 14 heteroatoms. The van der Waals surface area contributed by atoms with E-state index in [1.54, 1.807) is 0 Å². The number of non-ortho nitro benzene ring substituents is 1. The molecule has 1 amide bonds. The minimum Gasteiger partial charge on any atom is -0.449 e. The van der Waals surface area contributed by atoms with E-state index >= 15 is 0 Å². The van der Waals surface area contributed by atoms with Crippen LogP contribution in [0.1, 0.15) is 12.5 Å². The largest absolute Gasteiger partial charge is 0.491 e. The van der Waals surface area contributed by atoms with Gasteiger partial charge in [-0.2, -0.15) is 12.7 Å². The van der Waals surface area contributed by atoms with Crippen molar-refractivity contribution in [2.75, 3.05) is 15.6 Å². The lowest BCUT2D eigenvalue weighted by Crippen LogP contribution is -2.41. The first-order valence-electron chi connectivity index (χ1n) is 8.50. The van der Waals surface area contributed by atoms with Gasteiger partial charge in [0.25, 0.3) is 5.69 Å². The zero-order valence-electron chi connectivity index (χ0n) is 15.4. The van der Waals surface area contributed by atoms with Crippen LogP contribution in [0.4, 0.5) is 26.2 Å². The van der Waals surface area contributed by atoms with Crippen molar-refractivity contribution < 1.29 is 36.9 Å². The number of amides is 1. The molecule has 2 aromatic rings. The van der Waals surface area contributed by atoms with Gasteiger partial charge in [0.2, 0.25) is 0 Å². The van der Waals surface area contributed by atoms with Gasteiger partial charge < -0.3 is 14.4 Å². The molecule has 1 heterocycles. The van der Waals surface area contributed by atoms with Crippen LogP contribution in [0.3, 0.4) is 0 Å². The fourth-order valence-corrected chi connectivity index (χ4v) is 3.93. The molecule has 0 saturated carbocycles. The Kier molecular flexibility index (Phi) is 5.91. The molecule has 11 nitrogen and oxygen atoms in total. The summed E-state index contributed by atoms with van der Waals surface area (Å²) in [6.07, 6.45) is -1.35. The number of nitrogens with zero attached hydrogens (tertiary/aromatic N) is 2. The second kappa shape index (κ2) is 8.26. The fraction of sp³-hybridized carbons (Fsp3) is 0.188. The predicted molar refractivity (Wildman–Crippen MR) is 104 cm³/mol. The van der Waals surface area contributed by atoms with E-state index < -0.39 is 45.5 Å². The SMILES string of the molecule is CCOC(=O)N(c1cccc([N+](=O)[O-])c1)S(=O)(=O)Nc1cc2c(cc1F)COB2O. The van der Waals surface area contributed by atoms with Gasteiger partial charge in [-0.25, -0.2) is 9.18 Å². The quantitative estimate of drug-likeness (QED) is 0.389. The zero-order chi connectivity index (χ0) is 22.1. The Labute approximate surface area is 170 Å². The molecule has 0 atom stereocenters. The van der Waals surface area contributed by atoms with Crippen LogP contribution in [0.5, 0.6) is 0 Å². The highest BCUT2D eigenvalue weighted by Crippen LogP contribution is 2.27. The molecular formula is C16H15BFN3O8S. The van der Waals surface area contributed by atoms with Gasteiger partial charge >= 0.3 is 23.4 Å². The molecule has 0 bridgehead atoms. The molecule has 1 aliphatic heterocycles. The Bertz CT molecular complexity index is 1110. The van der Waals surface area contributed by atoms with Crippen LogP contribution >= 0.6 is 0 Å². The van der Waals surface area contributed by atoms with Crippen molar-refractivity contribution in [3.8, 4) is 0 Å². The normalized spacial score (nSPS) is 13.0. The van der Waals surface area contributed by atoms with Crippen LogP contribution in [-0.4, -0.2) is 38.2 Å². The maximum atomic E-state index is 14.4. The third kappa shape index (κ3) is 4.20. The van der Waals surface area contributed by atoms with E-state index in [4.69, 9.17) is 9.39 Å². The lowest BCUT2D eigenvalue weighted by molar-refractivity contribution is -0.384. The number of anilines is 2. The van der Waals surface area contributed by atoms with Gasteiger partial charge in [-0.3, -0.25) is 14.8 Å². The molecule has 0 saturated heterocycles. The smallest absolute Gasteiger partial charge is 0.449 e. The Morgan fingerprint density at radius 1 is 1.43 bits per heavy atom. The molecule has 3 rings (SSSR count). The number of carbonyl (C=O) groups is 1. The van der Waals surface area contributed by atoms with Gasteiger partial charge in [0, 0.05) is 12.1 Å². The number of nitro benzene ring substituents is 1. The number of rotatable bonds is 6. The third-order valence-corrected chi connectivity index (χ3v) is 5.40. The number of ether oxygens (including phenoxy) is 1. The monoisotopic (exact) mass is 439 g/mol. The first kappa shape index (κ1) is 21.5. The van der Waals surface area contributed by atoms with E-state index in [-0.39, 0.29) is 28.7 Å². The summed E-state index contributed by atoms with van der Waals surface area (Å²) in [6.45, 7) is 1.20.